The summed E-state index contributed by atoms with van der Waals surface area (Å²) in [6, 6.07) is 0.0918. The lowest BCUT2D eigenvalue weighted by molar-refractivity contribution is -0.143. The molecule has 0 aromatic heterocycles. The van der Waals surface area contributed by atoms with Crippen LogP contribution in [0.25, 0.3) is 0 Å². The van der Waals surface area contributed by atoms with E-state index < -0.39 is 5.97 Å². The van der Waals surface area contributed by atoms with E-state index in [-0.39, 0.29) is 6.04 Å². The van der Waals surface area contributed by atoms with Crippen LogP contribution in [0.2, 0.25) is 0 Å². The van der Waals surface area contributed by atoms with E-state index in [1.807, 2.05) is 18.9 Å². The summed E-state index contributed by atoms with van der Waals surface area (Å²) in [5.41, 5.74) is 0. The molecule has 0 aliphatic heterocycles. The Kier molecular flexibility index (Phi) is 7.39. The Morgan fingerprint density at radius 3 is 1.93 bits per heavy atom. The second-order valence-corrected chi connectivity index (χ2v) is 4.16. The van der Waals surface area contributed by atoms with Crippen LogP contribution < -0.4 is 0 Å². The van der Waals surface area contributed by atoms with Gasteiger partial charge in [0.15, 0.2) is 0 Å². The Labute approximate surface area is 93.5 Å². The third-order valence-corrected chi connectivity index (χ3v) is 2.98. The first kappa shape index (κ1) is 14.4. The van der Waals surface area contributed by atoms with E-state index in [2.05, 4.69) is 13.8 Å². The Hall–Kier alpha value is -0.570. The molecular formula is C12H25NO2. The van der Waals surface area contributed by atoms with Gasteiger partial charge in [-0.3, -0.25) is 9.69 Å². The zero-order chi connectivity index (χ0) is 11.8. The van der Waals surface area contributed by atoms with Crippen molar-refractivity contribution < 1.29 is 9.90 Å². The van der Waals surface area contributed by atoms with E-state index in [0.717, 1.165) is 25.7 Å². The molecular weight excluding hydrogens is 190 g/mol. The molecule has 15 heavy (non-hydrogen) atoms. The lowest BCUT2D eigenvalue weighted by Crippen LogP contribution is -2.44. The average molecular weight is 215 g/mol. The van der Waals surface area contributed by atoms with Crippen molar-refractivity contribution in [3.8, 4) is 0 Å². The van der Waals surface area contributed by atoms with Gasteiger partial charge in [0.1, 0.15) is 6.04 Å². The molecule has 0 bridgehead atoms. The molecule has 0 spiro atoms. The van der Waals surface area contributed by atoms with Gasteiger partial charge in [-0.25, -0.2) is 0 Å². The fourth-order valence-electron chi connectivity index (χ4n) is 2.11. The molecule has 0 amide bonds. The van der Waals surface area contributed by atoms with Crippen LogP contribution in [0.15, 0.2) is 0 Å². The number of likely N-dealkylation sites (N-methyl/N-ethyl adjacent to an activating group) is 1. The first-order chi connectivity index (χ1) is 7.08. The molecule has 90 valence electrons. The normalized spacial score (nSPS) is 13.5. The van der Waals surface area contributed by atoms with Gasteiger partial charge in [-0.1, -0.05) is 33.6 Å². The number of nitrogens with zero attached hydrogens (tertiary/aromatic N) is 1. The highest BCUT2D eigenvalue weighted by atomic mass is 16.4. The molecule has 0 aliphatic carbocycles. The highest BCUT2D eigenvalue weighted by molar-refractivity contribution is 5.73. The average Bonchev–Trinajstić information content (AvgIpc) is 2.17. The molecule has 3 nitrogen and oxygen atoms in total. The van der Waals surface area contributed by atoms with Crippen molar-refractivity contribution in [1.82, 2.24) is 4.90 Å². The molecule has 0 aromatic rings. The Balaban J connectivity index is 4.43. The maximum absolute atomic E-state index is 11.0. The van der Waals surface area contributed by atoms with Gasteiger partial charge in [-0.05, 0) is 26.3 Å². The molecule has 0 radical (unpaired) electrons. The van der Waals surface area contributed by atoms with Gasteiger partial charge in [0.25, 0.3) is 0 Å². The number of carboxylic acid groups (broad SMARTS) is 1. The zero-order valence-corrected chi connectivity index (χ0v) is 10.5. The maximum Gasteiger partial charge on any atom is 0.320 e. The molecule has 0 fully saturated rings. The van der Waals surface area contributed by atoms with Gasteiger partial charge in [-0.2, -0.15) is 0 Å². The second kappa shape index (κ2) is 7.69. The summed E-state index contributed by atoms with van der Waals surface area (Å²) in [4.78, 5) is 13.1. The Bertz CT molecular complexity index is 176. The lowest BCUT2D eigenvalue weighted by Gasteiger charge is -2.32. The SMILES string of the molecule is CCCC(CCC)N(C)C(CC)C(=O)O. The van der Waals surface area contributed by atoms with Gasteiger partial charge in [0.05, 0.1) is 0 Å². The third-order valence-electron chi connectivity index (χ3n) is 2.98. The predicted molar refractivity (Wildman–Crippen MR) is 63.1 cm³/mol. The minimum absolute atomic E-state index is 0.326. The van der Waals surface area contributed by atoms with Crippen molar-refractivity contribution in [3.05, 3.63) is 0 Å². The van der Waals surface area contributed by atoms with Crippen LogP contribution in [-0.2, 0) is 4.79 Å². The van der Waals surface area contributed by atoms with Crippen LogP contribution in [0.4, 0.5) is 0 Å². The Morgan fingerprint density at radius 2 is 1.67 bits per heavy atom. The van der Waals surface area contributed by atoms with Crippen molar-refractivity contribution in [3.63, 3.8) is 0 Å². The summed E-state index contributed by atoms with van der Waals surface area (Å²) in [6.45, 7) is 6.24. The van der Waals surface area contributed by atoms with E-state index in [9.17, 15) is 4.79 Å². The zero-order valence-electron chi connectivity index (χ0n) is 10.5. The van der Waals surface area contributed by atoms with Gasteiger partial charge >= 0.3 is 5.97 Å². The standard InChI is InChI=1S/C12H25NO2/c1-5-8-10(9-6-2)13(4)11(7-3)12(14)15/h10-11H,5-9H2,1-4H3,(H,14,15). The van der Waals surface area contributed by atoms with Crippen LogP contribution in [0.1, 0.15) is 52.9 Å². The number of carboxylic acids is 1. The molecule has 3 heteroatoms. The quantitative estimate of drug-likeness (QED) is 0.677. The fourth-order valence-corrected chi connectivity index (χ4v) is 2.11. The van der Waals surface area contributed by atoms with Crippen LogP contribution in [0.5, 0.6) is 0 Å². The largest absolute Gasteiger partial charge is 0.480 e. The summed E-state index contributed by atoms with van der Waals surface area (Å²) in [7, 11) is 1.94. The third kappa shape index (κ3) is 4.65. The molecule has 0 rings (SSSR count). The van der Waals surface area contributed by atoms with Crippen molar-refractivity contribution in [2.45, 2.75) is 65.0 Å². The predicted octanol–water partition coefficient (Wildman–Crippen LogP) is 2.75. The van der Waals surface area contributed by atoms with Crippen LogP contribution in [-0.4, -0.2) is 35.1 Å². The topological polar surface area (TPSA) is 40.5 Å². The van der Waals surface area contributed by atoms with Crippen LogP contribution >= 0.6 is 0 Å². The number of hydrogen-bond donors (Lipinski definition) is 1. The summed E-state index contributed by atoms with van der Waals surface area (Å²) in [6.07, 6.45) is 5.09. The summed E-state index contributed by atoms with van der Waals surface area (Å²) in [5.74, 6) is -0.697. The summed E-state index contributed by atoms with van der Waals surface area (Å²) >= 11 is 0. The maximum atomic E-state index is 11.0. The van der Waals surface area contributed by atoms with Crippen molar-refractivity contribution in [2.75, 3.05) is 7.05 Å². The highest BCUT2D eigenvalue weighted by Crippen LogP contribution is 2.16. The van der Waals surface area contributed by atoms with E-state index >= 15 is 0 Å². The highest BCUT2D eigenvalue weighted by Gasteiger charge is 2.25. The smallest absolute Gasteiger partial charge is 0.320 e. The minimum atomic E-state index is -0.697. The van der Waals surface area contributed by atoms with E-state index in [4.69, 9.17) is 5.11 Å². The molecule has 0 aromatic carbocycles. The molecule has 0 saturated carbocycles. The summed E-state index contributed by atoms with van der Waals surface area (Å²) in [5, 5.41) is 9.09. The van der Waals surface area contributed by atoms with Crippen molar-refractivity contribution in [1.29, 1.82) is 0 Å². The molecule has 0 aliphatic rings. The first-order valence-corrected chi connectivity index (χ1v) is 6.03. The number of aliphatic carboxylic acids is 1. The first-order valence-electron chi connectivity index (χ1n) is 6.03. The van der Waals surface area contributed by atoms with Crippen LogP contribution in [0, 0.1) is 0 Å². The number of rotatable bonds is 8. The number of hydrogen-bond acceptors (Lipinski definition) is 2. The van der Waals surface area contributed by atoms with Crippen LogP contribution in [0.3, 0.4) is 0 Å². The minimum Gasteiger partial charge on any atom is -0.480 e. The van der Waals surface area contributed by atoms with Gasteiger partial charge < -0.3 is 5.11 Å². The van der Waals surface area contributed by atoms with Crippen molar-refractivity contribution >= 4 is 5.97 Å². The van der Waals surface area contributed by atoms with E-state index in [1.165, 1.54) is 0 Å². The summed E-state index contributed by atoms with van der Waals surface area (Å²) < 4.78 is 0. The number of carbonyl (C=O) groups is 1. The Morgan fingerprint density at radius 1 is 1.20 bits per heavy atom. The molecule has 0 heterocycles. The second-order valence-electron chi connectivity index (χ2n) is 4.16. The molecule has 1 unspecified atom stereocenters. The van der Waals surface area contributed by atoms with Gasteiger partial charge in [-0.15, -0.1) is 0 Å². The van der Waals surface area contributed by atoms with E-state index in [1.54, 1.807) is 0 Å². The van der Waals surface area contributed by atoms with Crippen molar-refractivity contribution in [2.24, 2.45) is 0 Å². The lowest BCUT2D eigenvalue weighted by atomic mass is 10.0. The molecule has 1 N–H and O–H groups in total. The molecule has 1 atom stereocenters. The van der Waals surface area contributed by atoms with E-state index in [0.29, 0.717) is 12.5 Å². The fraction of sp³-hybridized carbons (Fsp3) is 0.917. The van der Waals surface area contributed by atoms with Gasteiger partial charge in [0.2, 0.25) is 0 Å². The van der Waals surface area contributed by atoms with Gasteiger partial charge in [0, 0.05) is 6.04 Å². The monoisotopic (exact) mass is 215 g/mol. The molecule has 0 saturated heterocycles.